The Hall–Kier alpha value is -1.51. The van der Waals surface area contributed by atoms with E-state index in [-0.39, 0.29) is 5.92 Å². The van der Waals surface area contributed by atoms with E-state index in [9.17, 15) is 9.90 Å². The first-order valence-electron chi connectivity index (χ1n) is 5.59. The number of carboxylic acid groups (broad SMARTS) is 1. The lowest BCUT2D eigenvalue weighted by Crippen LogP contribution is -2.27. The molecule has 2 rings (SSSR count). The minimum atomic E-state index is -0.741. The smallest absolute Gasteiger partial charge is 0.311 e. The number of hydrogen-bond acceptors (Lipinski definition) is 2. The van der Waals surface area contributed by atoms with Crippen molar-refractivity contribution in [2.45, 2.75) is 25.2 Å². The molecule has 0 heterocycles. The third-order valence-electron chi connectivity index (χ3n) is 3.36. The van der Waals surface area contributed by atoms with E-state index in [0.717, 1.165) is 24.8 Å². The Balaban J connectivity index is 2.33. The largest absolute Gasteiger partial charge is 0.496 e. The summed E-state index contributed by atoms with van der Waals surface area (Å²) in [6.45, 7) is 0. The maximum Gasteiger partial charge on any atom is 0.311 e. The molecule has 86 valence electrons. The first-order valence-corrected chi connectivity index (χ1v) is 5.59. The van der Waals surface area contributed by atoms with Crippen molar-refractivity contribution in [2.75, 3.05) is 7.11 Å². The zero-order valence-corrected chi connectivity index (χ0v) is 9.35. The van der Waals surface area contributed by atoms with Gasteiger partial charge in [0.1, 0.15) is 5.75 Å². The van der Waals surface area contributed by atoms with Gasteiger partial charge in [-0.15, -0.1) is 0 Å². The van der Waals surface area contributed by atoms with E-state index in [1.54, 1.807) is 7.11 Å². The summed E-state index contributed by atoms with van der Waals surface area (Å²) in [5, 5.41) is 9.33. The molecule has 1 aliphatic carbocycles. The van der Waals surface area contributed by atoms with Gasteiger partial charge in [-0.1, -0.05) is 24.6 Å². The SMILES string of the molecule is COc1ccccc1C(C(=O)O)C1CCC1. The van der Waals surface area contributed by atoms with E-state index in [2.05, 4.69) is 0 Å². The second kappa shape index (κ2) is 4.56. The van der Waals surface area contributed by atoms with Crippen LogP contribution in [-0.4, -0.2) is 18.2 Å². The molecule has 3 nitrogen and oxygen atoms in total. The average molecular weight is 220 g/mol. The first-order chi connectivity index (χ1) is 7.74. The normalized spacial score (nSPS) is 17.6. The number of methoxy groups -OCH3 is 1. The first kappa shape index (κ1) is 11.0. The molecule has 1 aliphatic rings. The van der Waals surface area contributed by atoms with Gasteiger partial charge in [-0.05, 0) is 24.8 Å². The van der Waals surface area contributed by atoms with Crippen molar-refractivity contribution in [1.29, 1.82) is 0 Å². The Kier molecular flexibility index (Phi) is 3.13. The maximum atomic E-state index is 11.3. The molecule has 1 unspecified atom stereocenters. The Morgan fingerprint density at radius 3 is 2.62 bits per heavy atom. The molecule has 0 radical (unpaired) electrons. The topological polar surface area (TPSA) is 46.5 Å². The van der Waals surface area contributed by atoms with Crippen LogP contribution < -0.4 is 4.74 Å². The molecule has 16 heavy (non-hydrogen) atoms. The summed E-state index contributed by atoms with van der Waals surface area (Å²) in [4.78, 5) is 11.3. The van der Waals surface area contributed by atoms with Gasteiger partial charge >= 0.3 is 5.97 Å². The van der Waals surface area contributed by atoms with Crippen LogP contribution in [0.15, 0.2) is 24.3 Å². The fraction of sp³-hybridized carbons (Fsp3) is 0.462. The molecule has 0 bridgehead atoms. The van der Waals surface area contributed by atoms with Gasteiger partial charge in [-0.25, -0.2) is 0 Å². The van der Waals surface area contributed by atoms with E-state index in [0.29, 0.717) is 5.75 Å². The zero-order valence-electron chi connectivity index (χ0n) is 9.35. The molecule has 1 aromatic carbocycles. The van der Waals surface area contributed by atoms with E-state index in [1.165, 1.54) is 0 Å². The molecule has 0 spiro atoms. The molecule has 1 aromatic rings. The van der Waals surface area contributed by atoms with Crippen LogP contribution in [0.5, 0.6) is 5.75 Å². The van der Waals surface area contributed by atoms with Crippen molar-refractivity contribution in [1.82, 2.24) is 0 Å². The quantitative estimate of drug-likeness (QED) is 0.848. The molecular weight excluding hydrogens is 204 g/mol. The molecule has 1 saturated carbocycles. The van der Waals surface area contributed by atoms with Gasteiger partial charge < -0.3 is 9.84 Å². The monoisotopic (exact) mass is 220 g/mol. The highest BCUT2D eigenvalue weighted by Crippen LogP contribution is 2.42. The number of ether oxygens (including phenoxy) is 1. The Bertz CT molecular complexity index is 383. The lowest BCUT2D eigenvalue weighted by molar-refractivity contribution is -0.141. The number of para-hydroxylation sites is 1. The van der Waals surface area contributed by atoms with Crippen molar-refractivity contribution >= 4 is 5.97 Å². The van der Waals surface area contributed by atoms with Crippen molar-refractivity contribution in [3.63, 3.8) is 0 Å². The van der Waals surface area contributed by atoms with E-state index >= 15 is 0 Å². The van der Waals surface area contributed by atoms with Crippen LogP contribution in [0.4, 0.5) is 0 Å². The van der Waals surface area contributed by atoms with Crippen molar-refractivity contribution in [3.8, 4) is 5.75 Å². The number of aliphatic carboxylic acids is 1. The van der Waals surface area contributed by atoms with Crippen molar-refractivity contribution in [3.05, 3.63) is 29.8 Å². The third kappa shape index (κ3) is 1.90. The molecule has 0 saturated heterocycles. The minimum Gasteiger partial charge on any atom is -0.496 e. The van der Waals surface area contributed by atoms with Crippen molar-refractivity contribution in [2.24, 2.45) is 5.92 Å². The van der Waals surface area contributed by atoms with Crippen molar-refractivity contribution < 1.29 is 14.6 Å². The standard InChI is InChI=1S/C13H16O3/c1-16-11-8-3-2-7-10(11)12(13(14)15)9-5-4-6-9/h2-3,7-9,12H,4-6H2,1H3,(H,14,15). The van der Waals surface area contributed by atoms with Gasteiger partial charge in [-0.2, -0.15) is 0 Å². The number of carboxylic acids is 1. The van der Waals surface area contributed by atoms with E-state index in [4.69, 9.17) is 4.74 Å². The summed E-state index contributed by atoms with van der Waals surface area (Å²) in [6.07, 6.45) is 3.16. The predicted molar refractivity (Wildman–Crippen MR) is 60.7 cm³/mol. The summed E-state index contributed by atoms with van der Waals surface area (Å²) < 4.78 is 5.23. The minimum absolute atomic E-state index is 0.272. The summed E-state index contributed by atoms with van der Waals surface area (Å²) in [5.74, 6) is -0.199. The molecule has 0 amide bonds. The van der Waals surface area contributed by atoms with E-state index < -0.39 is 11.9 Å². The van der Waals surface area contributed by atoms with Gasteiger partial charge in [0.25, 0.3) is 0 Å². The zero-order chi connectivity index (χ0) is 11.5. The molecule has 0 aliphatic heterocycles. The third-order valence-corrected chi connectivity index (χ3v) is 3.36. The fourth-order valence-electron chi connectivity index (χ4n) is 2.29. The molecule has 0 aromatic heterocycles. The van der Waals surface area contributed by atoms with Gasteiger partial charge in [0.05, 0.1) is 13.0 Å². The molecule has 3 heteroatoms. The number of carbonyl (C=O) groups is 1. The van der Waals surface area contributed by atoms with Gasteiger partial charge in [0.2, 0.25) is 0 Å². The molecule has 1 N–H and O–H groups in total. The van der Waals surface area contributed by atoms with Crippen LogP contribution in [-0.2, 0) is 4.79 Å². The second-order valence-electron chi connectivity index (χ2n) is 4.25. The highest BCUT2D eigenvalue weighted by molar-refractivity contribution is 5.77. The average Bonchev–Trinajstić information content (AvgIpc) is 2.22. The second-order valence-corrected chi connectivity index (χ2v) is 4.25. The molecule has 1 atom stereocenters. The van der Waals surface area contributed by atoms with Crippen LogP contribution >= 0.6 is 0 Å². The van der Waals surface area contributed by atoms with Gasteiger partial charge in [0, 0.05) is 5.56 Å². The van der Waals surface area contributed by atoms with E-state index in [1.807, 2.05) is 24.3 Å². The highest BCUT2D eigenvalue weighted by Gasteiger charge is 2.35. The Morgan fingerprint density at radius 1 is 1.44 bits per heavy atom. The predicted octanol–water partition coefficient (Wildman–Crippen LogP) is 2.66. The number of hydrogen-bond donors (Lipinski definition) is 1. The summed E-state index contributed by atoms with van der Waals surface area (Å²) >= 11 is 0. The van der Waals surface area contributed by atoms with Crippen LogP contribution in [0.25, 0.3) is 0 Å². The summed E-state index contributed by atoms with van der Waals surface area (Å²) in [5.41, 5.74) is 0.808. The molecule has 1 fully saturated rings. The van der Waals surface area contributed by atoms with Crippen LogP contribution in [0, 0.1) is 5.92 Å². The molecular formula is C13H16O3. The summed E-state index contributed by atoms with van der Waals surface area (Å²) in [6, 6.07) is 7.41. The van der Waals surface area contributed by atoms with Crippen LogP contribution in [0.1, 0.15) is 30.7 Å². The fourth-order valence-corrected chi connectivity index (χ4v) is 2.29. The van der Waals surface area contributed by atoms with Gasteiger partial charge in [0.15, 0.2) is 0 Å². The lowest BCUT2D eigenvalue weighted by atomic mass is 9.73. The summed E-state index contributed by atoms with van der Waals surface area (Å²) in [7, 11) is 1.58. The van der Waals surface area contributed by atoms with Crippen LogP contribution in [0.2, 0.25) is 0 Å². The number of rotatable bonds is 4. The lowest BCUT2D eigenvalue weighted by Gasteiger charge is -2.32. The van der Waals surface area contributed by atoms with Crippen LogP contribution in [0.3, 0.4) is 0 Å². The Labute approximate surface area is 95.0 Å². The maximum absolute atomic E-state index is 11.3. The Morgan fingerprint density at radius 2 is 2.12 bits per heavy atom. The van der Waals surface area contributed by atoms with Gasteiger partial charge in [-0.3, -0.25) is 4.79 Å². The highest BCUT2D eigenvalue weighted by atomic mass is 16.5. The number of benzene rings is 1.